The number of sulfonamides is 2. The van der Waals surface area contributed by atoms with Crippen molar-refractivity contribution in [2.24, 2.45) is 16.6 Å². The molecule has 17 nitrogen and oxygen atoms in total. The molecule has 230 valence electrons. The van der Waals surface area contributed by atoms with Crippen LogP contribution in [0.4, 0.5) is 10.5 Å². The van der Waals surface area contributed by atoms with Gasteiger partial charge in [-0.25, -0.2) is 22.9 Å². The van der Waals surface area contributed by atoms with Crippen molar-refractivity contribution >= 4 is 49.5 Å². The van der Waals surface area contributed by atoms with Gasteiger partial charge in [-0.1, -0.05) is 17.7 Å². The Bertz CT molecular complexity index is 1670. The number of aryl methyl sites for hydroxylation is 1. The second kappa shape index (κ2) is 14.1. The highest BCUT2D eigenvalue weighted by molar-refractivity contribution is 7.90. The Morgan fingerprint density at radius 1 is 0.953 bits per heavy atom. The molecule has 0 radical (unpaired) electrons. The largest absolute Gasteiger partial charge is 0.369 e. The Morgan fingerprint density at radius 3 is 2.19 bits per heavy atom. The van der Waals surface area contributed by atoms with Gasteiger partial charge >= 0.3 is 6.03 Å². The molecule has 2 aromatic carbocycles. The van der Waals surface area contributed by atoms with Gasteiger partial charge < -0.3 is 32.4 Å². The van der Waals surface area contributed by atoms with Gasteiger partial charge in [-0.3, -0.25) is 9.59 Å². The molecule has 0 saturated carbocycles. The van der Waals surface area contributed by atoms with Crippen molar-refractivity contribution in [1.29, 1.82) is 0 Å². The van der Waals surface area contributed by atoms with Crippen LogP contribution < -0.4 is 37.0 Å². The monoisotopic (exact) mass is 634 g/mol. The highest BCUT2D eigenvalue weighted by Gasteiger charge is 2.23. The van der Waals surface area contributed by atoms with E-state index in [1.165, 1.54) is 48.9 Å². The molecule has 4 amide bonds. The van der Waals surface area contributed by atoms with Crippen LogP contribution in [0.5, 0.6) is 0 Å². The van der Waals surface area contributed by atoms with E-state index >= 15 is 0 Å². The number of hydrogen-bond acceptors (Lipinski definition) is 9. The van der Waals surface area contributed by atoms with Crippen LogP contribution in [-0.2, 0) is 36.1 Å². The number of carbonyl (C=O) groups is 3. The van der Waals surface area contributed by atoms with E-state index in [9.17, 15) is 31.2 Å². The van der Waals surface area contributed by atoms with E-state index < -0.39 is 49.9 Å². The molecule has 0 aliphatic carbocycles. The summed E-state index contributed by atoms with van der Waals surface area (Å²) >= 11 is 0. The summed E-state index contributed by atoms with van der Waals surface area (Å²) in [4.78, 5) is 46.1. The van der Waals surface area contributed by atoms with Crippen LogP contribution in [0.15, 0.2) is 75.9 Å². The van der Waals surface area contributed by atoms with Gasteiger partial charge in [0.15, 0.2) is 0 Å². The number of anilines is 1. The van der Waals surface area contributed by atoms with E-state index in [1.54, 1.807) is 19.1 Å². The van der Waals surface area contributed by atoms with Crippen LogP contribution in [-0.4, -0.2) is 63.2 Å². The summed E-state index contributed by atoms with van der Waals surface area (Å²) in [5, 5.41) is 10.7. The molecular formula is C24H30N10O7S2. The number of imidazole rings is 1. The Kier molecular flexibility index (Phi) is 10.6. The minimum absolute atomic E-state index is 0.0230. The fraction of sp³-hybridized carbons (Fsp3) is 0.208. The third-order valence-corrected chi connectivity index (χ3v) is 8.12. The van der Waals surface area contributed by atoms with Crippen LogP contribution in [0.2, 0.25) is 0 Å². The predicted octanol–water partition coefficient (Wildman–Crippen LogP) is -1.07. The van der Waals surface area contributed by atoms with Gasteiger partial charge in [0.2, 0.25) is 17.8 Å². The number of nitrogens with zero attached hydrogens (tertiary/aromatic N) is 2. The summed E-state index contributed by atoms with van der Waals surface area (Å²) in [5.74, 6) is -1.73. The summed E-state index contributed by atoms with van der Waals surface area (Å²) in [6.45, 7) is 1.55. The van der Waals surface area contributed by atoms with Crippen molar-refractivity contribution in [3.63, 3.8) is 0 Å². The SMILES string of the molecule is Cc1ccc(S(=O)(=O)NC(=O)NCCC(=O)N[C@@H](Cc2cnc[nH]2)C(=O)Nc2ccc(S(=O)(=O)NN=C(N)N)cc2)cc1. The molecule has 0 saturated heterocycles. The Balaban J connectivity index is 1.57. The first-order valence-corrected chi connectivity index (χ1v) is 15.4. The van der Waals surface area contributed by atoms with Gasteiger partial charge in [0.1, 0.15) is 6.04 Å². The van der Waals surface area contributed by atoms with Crippen molar-refractivity contribution in [3.8, 4) is 0 Å². The number of benzene rings is 2. The average molecular weight is 635 g/mol. The number of amides is 4. The zero-order chi connectivity index (χ0) is 31.6. The number of H-pyrrole nitrogens is 1. The maximum atomic E-state index is 13.0. The van der Waals surface area contributed by atoms with Crippen molar-refractivity contribution in [2.45, 2.75) is 35.6 Å². The van der Waals surface area contributed by atoms with Crippen LogP contribution in [0.25, 0.3) is 0 Å². The molecule has 43 heavy (non-hydrogen) atoms. The maximum Gasteiger partial charge on any atom is 0.328 e. The van der Waals surface area contributed by atoms with E-state index in [-0.39, 0.29) is 34.9 Å². The van der Waals surface area contributed by atoms with Crippen molar-refractivity contribution < 1.29 is 31.2 Å². The number of nitrogens with one attached hydrogen (secondary N) is 6. The predicted molar refractivity (Wildman–Crippen MR) is 155 cm³/mol. The first kappa shape index (κ1) is 32.3. The van der Waals surface area contributed by atoms with Crippen molar-refractivity contribution in [1.82, 2.24) is 30.2 Å². The molecule has 3 rings (SSSR count). The number of carbonyl (C=O) groups excluding carboxylic acids is 3. The van der Waals surface area contributed by atoms with Gasteiger partial charge in [-0.15, -0.1) is 5.10 Å². The van der Waals surface area contributed by atoms with Crippen LogP contribution in [0.3, 0.4) is 0 Å². The minimum atomic E-state index is -4.11. The van der Waals surface area contributed by atoms with Crippen LogP contribution in [0.1, 0.15) is 17.7 Å². The molecule has 0 aliphatic heterocycles. The Labute approximate surface area is 247 Å². The molecular weight excluding hydrogens is 604 g/mol. The highest BCUT2D eigenvalue weighted by atomic mass is 32.2. The number of hydrazone groups is 1. The van der Waals surface area contributed by atoms with E-state index in [4.69, 9.17) is 11.5 Å². The zero-order valence-electron chi connectivity index (χ0n) is 22.7. The lowest BCUT2D eigenvalue weighted by molar-refractivity contribution is -0.126. The van der Waals surface area contributed by atoms with Crippen molar-refractivity contribution in [3.05, 3.63) is 72.3 Å². The summed E-state index contributed by atoms with van der Waals surface area (Å²) in [7, 11) is -8.17. The molecule has 1 aromatic heterocycles. The van der Waals surface area contributed by atoms with Gasteiger partial charge in [0.25, 0.3) is 20.0 Å². The molecule has 0 fully saturated rings. The maximum absolute atomic E-state index is 13.0. The molecule has 1 atom stereocenters. The third kappa shape index (κ3) is 10.0. The minimum Gasteiger partial charge on any atom is -0.369 e. The van der Waals surface area contributed by atoms with Crippen LogP contribution >= 0.6 is 0 Å². The van der Waals surface area contributed by atoms with Crippen molar-refractivity contribution in [2.75, 3.05) is 11.9 Å². The number of guanidine groups is 1. The van der Waals surface area contributed by atoms with Crippen LogP contribution in [0, 0.1) is 6.92 Å². The number of hydrogen-bond donors (Lipinski definition) is 8. The Morgan fingerprint density at radius 2 is 1.58 bits per heavy atom. The number of rotatable bonds is 13. The zero-order valence-corrected chi connectivity index (χ0v) is 24.3. The number of urea groups is 1. The first-order valence-electron chi connectivity index (χ1n) is 12.4. The molecule has 19 heteroatoms. The lowest BCUT2D eigenvalue weighted by Crippen LogP contribution is -2.46. The summed E-state index contributed by atoms with van der Waals surface area (Å²) in [5.41, 5.74) is 11.9. The van der Waals surface area contributed by atoms with Gasteiger partial charge in [-0.05, 0) is 43.3 Å². The Hall–Kier alpha value is -5.17. The molecule has 0 spiro atoms. The summed E-state index contributed by atoms with van der Waals surface area (Å²) < 4.78 is 51.0. The smallest absolute Gasteiger partial charge is 0.328 e. The van der Waals surface area contributed by atoms with E-state index in [0.29, 0.717) is 5.69 Å². The van der Waals surface area contributed by atoms with Gasteiger partial charge in [-0.2, -0.15) is 13.2 Å². The number of nitrogens with two attached hydrogens (primary N) is 2. The second-order valence-corrected chi connectivity index (χ2v) is 12.3. The average Bonchev–Trinajstić information content (AvgIpc) is 3.45. The topological polar surface area (TPSA) is 273 Å². The van der Waals surface area contributed by atoms with E-state index in [1.807, 2.05) is 9.55 Å². The third-order valence-electron chi connectivity index (χ3n) is 5.55. The lowest BCUT2D eigenvalue weighted by atomic mass is 10.1. The fourth-order valence-corrected chi connectivity index (χ4v) is 5.18. The summed E-state index contributed by atoms with van der Waals surface area (Å²) in [6.07, 6.45) is 2.61. The molecule has 0 unspecified atom stereocenters. The first-order chi connectivity index (χ1) is 20.2. The number of aromatic amines is 1. The molecule has 0 bridgehead atoms. The molecule has 3 aromatic rings. The normalized spacial score (nSPS) is 11.9. The molecule has 10 N–H and O–H groups in total. The standard InChI is InChI=1S/C24H30N10O7S2/c1-15-2-6-18(7-3-15)42(38,39)33-24(37)28-11-10-21(35)31-20(12-17-13-27-14-29-17)22(36)30-16-4-8-19(9-5-16)43(40,41)34-32-23(25)26/h2-9,13-14,20,34H,10-12H2,1H3,(H,27,29)(H,30,36)(H,31,35)(H4,25,26,32)(H2,28,33,37)/t20-/m0/s1. The van der Waals surface area contributed by atoms with Gasteiger partial charge in [0, 0.05) is 37.0 Å². The highest BCUT2D eigenvalue weighted by Crippen LogP contribution is 2.15. The second-order valence-electron chi connectivity index (χ2n) is 8.97. The summed E-state index contributed by atoms with van der Waals surface area (Å²) in [6, 6.07) is 8.81. The van der Waals surface area contributed by atoms with Gasteiger partial charge in [0.05, 0.1) is 16.1 Å². The fourth-order valence-electron chi connectivity index (χ4n) is 3.43. The van der Waals surface area contributed by atoms with E-state index in [0.717, 1.165) is 5.56 Å². The quantitative estimate of drug-likeness (QED) is 0.0640. The van der Waals surface area contributed by atoms with E-state index in [2.05, 4.69) is 31.0 Å². The molecule has 0 aliphatic rings. The number of aromatic nitrogens is 2. The lowest BCUT2D eigenvalue weighted by Gasteiger charge is -2.18. The molecule has 1 heterocycles.